The number of nitrogens with one attached hydrogen (secondary N) is 1. The van der Waals surface area contributed by atoms with Gasteiger partial charge in [0.15, 0.2) is 0 Å². The highest BCUT2D eigenvalue weighted by atomic mass is 32.2. The average molecular weight is 260 g/mol. The summed E-state index contributed by atoms with van der Waals surface area (Å²) in [5.41, 5.74) is 2.03. The van der Waals surface area contributed by atoms with Gasteiger partial charge in [0.1, 0.15) is 6.07 Å². The first-order valence-corrected chi connectivity index (χ1v) is 7.62. The molecule has 1 aromatic rings. The quantitative estimate of drug-likeness (QED) is 0.876. The molecule has 0 aliphatic heterocycles. The normalized spacial score (nSPS) is 15.8. The van der Waals surface area contributed by atoms with E-state index in [2.05, 4.69) is 30.4 Å². The van der Waals surface area contributed by atoms with Gasteiger partial charge in [-0.2, -0.15) is 5.26 Å². The van der Waals surface area contributed by atoms with Crippen molar-refractivity contribution in [3.63, 3.8) is 0 Å². The largest absolute Gasteiger partial charge is 0.313 e. The number of nitrogens with zero attached hydrogens (tertiary/aromatic N) is 1. The molecule has 1 aromatic carbocycles. The average Bonchev–Trinajstić information content (AvgIpc) is 2.90. The highest BCUT2D eigenvalue weighted by Crippen LogP contribution is 2.36. The molecule has 0 aromatic heterocycles. The molecule has 1 aliphatic carbocycles. The third kappa shape index (κ3) is 3.51. The number of nitriles is 1. The zero-order chi connectivity index (χ0) is 12.8. The molecule has 0 bridgehead atoms. The second-order valence-corrected chi connectivity index (χ2v) is 6.09. The van der Waals surface area contributed by atoms with Crippen LogP contribution >= 0.6 is 11.8 Å². The van der Waals surface area contributed by atoms with Crippen LogP contribution in [0.5, 0.6) is 0 Å². The molecule has 2 rings (SSSR count). The van der Waals surface area contributed by atoms with Gasteiger partial charge < -0.3 is 5.32 Å². The van der Waals surface area contributed by atoms with Gasteiger partial charge in [-0.25, -0.2) is 0 Å². The first-order chi connectivity index (χ1) is 8.83. The highest BCUT2D eigenvalue weighted by Gasteiger charge is 2.17. The Hall–Kier alpha value is -0.980. The summed E-state index contributed by atoms with van der Waals surface area (Å²) in [4.78, 5) is 1.16. The van der Waals surface area contributed by atoms with Gasteiger partial charge >= 0.3 is 0 Å². The lowest BCUT2D eigenvalue weighted by atomic mass is 10.1. The van der Waals surface area contributed by atoms with Crippen LogP contribution in [0.2, 0.25) is 0 Å². The Morgan fingerprint density at radius 3 is 2.83 bits per heavy atom. The van der Waals surface area contributed by atoms with Crippen LogP contribution in [0.4, 0.5) is 0 Å². The molecule has 1 N–H and O–H groups in total. The Labute approximate surface area is 114 Å². The number of benzene rings is 1. The summed E-state index contributed by atoms with van der Waals surface area (Å²) >= 11 is 1.89. The van der Waals surface area contributed by atoms with Gasteiger partial charge in [-0.15, -0.1) is 11.8 Å². The first-order valence-electron chi connectivity index (χ1n) is 6.74. The number of hydrogen-bond donors (Lipinski definition) is 1. The van der Waals surface area contributed by atoms with Gasteiger partial charge in [0.05, 0.1) is 5.56 Å². The summed E-state index contributed by atoms with van der Waals surface area (Å²) in [6, 6.07) is 8.62. The van der Waals surface area contributed by atoms with E-state index < -0.39 is 0 Å². The molecule has 0 saturated heterocycles. The molecule has 0 heterocycles. The molecule has 0 atom stereocenters. The molecule has 96 valence electrons. The van der Waals surface area contributed by atoms with Crippen molar-refractivity contribution >= 4 is 11.8 Å². The molecular formula is C15H20N2S. The molecule has 1 aliphatic rings. The van der Waals surface area contributed by atoms with Gasteiger partial charge in [-0.3, -0.25) is 0 Å². The van der Waals surface area contributed by atoms with Gasteiger partial charge in [-0.05, 0) is 37.1 Å². The zero-order valence-corrected chi connectivity index (χ0v) is 11.7. The lowest BCUT2D eigenvalue weighted by Gasteiger charge is -2.11. The third-order valence-corrected chi connectivity index (χ3v) is 4.75. The lowest BCUT2D eigenvalue weighted by molar-refractivity contribution is 0.726. The molecule has 0 unspecified atom stereocenters. The smallest absolute Gasteiger partial charge is 0.100 e. The van der Waals surface area contributed by atoms with Crippen molar-refractivity contribution in [2.75, 3.05) is 6.54 Å². The van der Waals surface area contributed by atoms with Gasteiger partial charge in [0.25, 0.3) is 0 Å². The van der Waals surface area contributed by atoms with Crippen LogP contribution in [0.1, 0.15) is 43.7 Å². The third-order valence-electron chi connectivity index (χ3n) is 3.34. The van der Waals surface area contributed by atoms with E-state index in [1.54, 1.807) is 0 Å². The van der Waals surface area contributed by atoms with Gasteiger partial charge in [0, 0.05) is 16.7 Å². The summed E-state index contributed by atoms with van der Waals surface area (Å²) in [6.07, 6.45) is 5.29. The first kappa shape index (κ1) is 13.5. The fourth-order valence-corrected chi connectivity index (χ4v) is 3.64. The lowest BCUT2D eigenvalue weighted by Crippen LogP contribution is -2.11. The second kappa shape index (κ2) is 6.82. The maximum absolute atomic E-state index is 9.26. The number of hydrogen-bond acceptors (Lipinski definition) is 3. The predicted molar refractivity (Wildman–Crippen MR) is 76.7 cm³/mol. The summed E-state index contributed by atoms with van der Waals surface area (Å²) in [6.45, 7) is 3.90. The Bertz CT molecular complexity index is 431. The van der Waals surface area contributed by atoms with E-state index in [-0.39, 0.29) is 0 Å². The standard InChI is InChI=1S/C15H20N2S/c1-2-17-11-12-7-8-15(13(9-12)10-16)18-14-5-3-4-6-14/h7-9,14,17H,2-6,11H2,1H3. The van der Waals surface area contributed by atoms with Crippen LogP contribution in [-0.2, 0) is 6.54 Å². The van der Waals surface area contributed by atoms with E-state index in [9.17, 15) is 5.26 Å². The molecule has 1 fully saturated rings. The van der Waals surface area contributed by atoms with Crippen LogP contribution in [0, 0.1) is 11.3 Å². The van der Waals surface area contributed by atoms with Crippen molar-refractivity contribution < 1.29 is 0 Å². The van der Waals surface area contributed by atoms with Crippen LogP contribution < -0.4 is 5.32 Å². The maximum atomic E-state index is 9.26. The molecule has 0 amide bonds. The predicted octanol–water partition coefficient (Wildman–Crippen LogP) is 3.70. The molecule has 3 heteroatoms. The Morgan fingerprint density at radius 1 is 1.39 bits per heavy atom. The van der Waals surface area contributed by atoms with Crippen LogP contribution in [0.3, 0.4) is 0 Å². The van der Waals surface area contributed by atoms with E-state index in [0.717, 1.165) is 28.8 Å². The van der Waals surface area contributed by atoms with Crippen LogP contribution in [0.15, 0.2) is 23.1 Å². The van der Waals surface area contributed by atoms with E-state index >= 15 is 0 Å². The Balaban J connectivity index is 2.07. The Kier molecular flexibility index (Phi) is 5.10. The minimum absolute atomic E-state index is 0.719. The van der Waals surface area contributed by atoms with E-state index in [1.165, 1.54) is 31.2 Å². The molecule has 1 saturated carbocycles. The van der Waals surface area contributed by atoms with Crippen molar-refractivity contribution in [2.45, 2.75) is 49.3 Å². The summed E-state index contributed by atoms with van der Waals surface area (Å²) in [7, 11) is 0. The molecule has 0 spiro atoms. The van der Waals surface area contributed by atoms with Crippen molar-refractivity contribution in [1.29, 1.82) is 5.26 Å². The molecular weight excluding hydrogens is 240 g/mol. The van der Waals surface area contributed by atoms with E-state index in [0.29, 0.717) is 0 Å². The van der Waals surface area contributed by atoms with Crippen LogP contribution in [0.25, 0.3) is 0 Å². The number of rotatable bonds is 5. The van der Waals surface area contributed by atoms with Crippen molar-refractivity contribution in [1.82, 2.24) is 5.32 Å². The molecule has 2 nitrogen and oxygen atoms in total. The summed E-state index contributed by atoms with van der Waals surface area (Å²) in [5.74, 6) is 0. The summed E-state index contributed by atoms with van der Waals surface area (Å²) in [5, 5.41) is 13.3. The highest BCUT2D eigenvalue weighted by molar-refractivity contribution is 8.00. The van der Waals surface area contributed by atoms with Crippen molar-refractivity contribution in [3.05, 3.63) is 29.3 Å². The SMILES string of the molecule is CCNCc1ccc(SC2CCCC2)c(C#N)c1. The van der Waals surface area contributed by atoms with Gasteiger partial charge in [-0.1, -0.05) is 25.8 Å². The summed E-state index contributed by atoms with van der Waals surface area (Å²) < 4.78 is 0. The minimum atomic E-state index is 0.719. The van der Waals surface area contributed by atoms with Gasteiger partial charge in [0.2, 0.25) is 0 Å². The fourth-order valence-electron chi connectivity index (χ4n) is 2.33. The van der Waals surface area contributed by atoms with Crippen LogP contribution in [-0.4, -0.2) is 11.8 Å². The van der Waals surface area contributed by atoms with Crippen molar-refractivity contribution in [3.8, 4) is 6.07 Å². The van der Waals surface area contributed by atoms with Crippen molar-refractivity contribution in [2.24, 2.45) is 0 Å². The Morgan fingerprint density at radius 2 is 2.17 bits per heavy atom. The number of thioether (sulfide) groups is 1. The zero-order valence-electron chi connectivity index (χ0n) is 10.9. The molecule has 0 radical (unpaired) electrons. The van der Waals surface area contributed by atoms with E-state index in [4.69, 9.17) is 0 Å². The second-order valence-electron chi connectivity index (χ2n) is 4.75. The monoisotopic (exact) mass is 260 g/mol. The fraction of sp³-hybridized carbons (Fsp3) is 0.533. The van der Waals surface area contributed by atoms with E-state index in [1.807, 2.05) is 17.8 Å². The minimum Gasteiger partial charge on any atom is -0.313 e. The maximum Gasteiger partial charge on any atom is 0.100 e. The topological polar surface area (TPSA) is 35.8 Å². The molecule has 18 heavy (non-hydrogen) atoms.